The Morgan fingerprint density at radius 3 is 1.11 bits per heavy atom. The third kappa shape index (κ3) is 43.3. The number of nitrogens with two attached hydrogens (primary N) is 1. The molecule has 2 aliphatic heterocycles. The van der Waals surface area contributed by atoms with Gasteiger partial charge in [-0.15, -0.1) is 0 Å². The van der Waals surface area contributed by atoms with Gasteiger partial charge in [0.2, 0.25) is 5.91 Å². The number of nitrogens with zero attached hydrogens (tertiary/aromatic N) is 4. The summed E-state index contributed by atoms with van der Waals surface area (Å²) in [6.07, 6.45) is 2.19. The number of benzene rings is 2. The number of carbonyl (C=O) groups is 2. The number of primary amides is 1. The highest BCUT2D eigenvalue weighted by Crippen LogP contribution is 2.33. The van der Waals surface area contributed by atoms with Crippen LogP contribution in [0.1, 0.15) is 55.8 Å². The number of carbonyl (C=O) groups excluding carboxylic acids is 2. The van der Waals surface area contributed by atoms with E-state index >= 15 is 0 Å². The molecule has 81 heavy (non-hydrogen) atoms. The van der Waals surface area contributed by atoms with Crippen LogP contribution in [0.3, 0.4) is 0 Å². The number of piperidine rings is 1. The molecule has 7 nitrogen and oxygen atoms in total. The average molecular weight is 1930 g/mol. The summed E-state index contributed by atoms with van der Waals surface area (Å²) in [5.74, 6) is 0.848. The largest absolute Gasteiger partial charge is 0.351 e. The molecule has 460 valence electrons. The van der Waals surface area contributed by atoms with Crippen LogP contribution >= 0.6 is 0 Å². The molecule has 2 N–H and O–H groups in total. The minimum absolute atomic E-state index is 0.0653. The zero-order valence-corrected chi connectivity index (χ0v) is 76.5. The molecule has 2 saturated heterocycles. The number of hydrogen-bond donors (Lipinski definition) is 1. The first-order valence-corrected chi connectivity index (χ1v) is 79.0. The maximum absolute atomic E-state index is 13.5. The average Bonchev–Trinajstić information content (AvgIpc) is 3.68. The first-order chi connectivity index (χ1) is 39.8. The zero-order chi connectivity index (χ0) is 58.1. The first-order valence-electron chi connectivity index (χ1n) is 20.3. The molecule has 0 saturated carbocycles. The van der Waals surface area contributed by atoms with E-state index in [1.165, 1.54) is 23.3 Å². The quantitative estimate of drug-likeness (QED) is 0.473. The second kappa shape index (κ2) is 59.1. The van der Waals surface area contributed by atoms with Crippen molar-refractivity contribution < 1.29 is 9.59 Å². The van der Waals surface area contributed by atoms with E-state index in [-0.39, 0.29) is 24.0 Å². The molecular formula is C29H37N5O2S45. The maximum Gasteiger partial charge on any atom is 0.314 e. The second-order valence-corrected chi connectivity index (χ2v) is 89.4. The maximum atomic E-state index is 13.5. The topological polar surface area (TPSA) is 93.7 Å². The Bertz CT molecular complexity index is 4470. The molecule has 0 bridgehead atoms. The van der Waals surface area contributed by atoms with E-state index < -0.39 is 0 Å². The van der Waals surface area contributed by atoms with E-state index in [2.05, 4.69) is 66.1 Å². The number of urea groups is 1. The minimum atomic E-state index is -0.369. The van der Waals surface area contributed by atoms with Crippen molar-refractivity contribution in [2.45, 2.75) is 45.2 Å². The lowest BCUT2D eigenvalue weighted by Gasteiger charge is -2.47. The van der Waals surface area contributed by atoms with Crippen molar-refractivity contribution in [3.05, 3.63) is 71.3 Å². The Morgan fingerprint density at radius 2 is 0.815 bits per heavy atom. The molecule has 2 aromatic carbocycles. The molecule has 0 aliphatic carbocycles. The number of amides is 3. The lowest BCUT2D eigenvalue weighted by molar-refractivity contribution is -0.139. The fourth-order valence-electron chi connectivity index (χ4n) is 6.12. The number of nitriles is 1. The van der Waals surface area contributed by atoms with E-state index in [1.54, 1.807) is 111 Å². The molecule has 0 radical (unpaired) electrons. The molecule has 1 unspecified atom stereocenters. The van der Waals surface area contributed by atoms with Crippen molar-refractivity contribution in [1.82, 2.24) is 14.7 Å². The van der Waals surface area contributed by atoms with E-state index in [9.17, 15) is 14.9 Å². The number of rotatable bonds is 6. The van der Waals surface area contributed by atoms with Crippen LogP contribution in [0.5, 0.6) is 0 Å². The summed E-state index contributed by atoms with van der Waals surface area (Å²) in [6, 6.07) is 20.4. The van der Waals surface area contributed by atoms with Gasteiger partial charge in [0.15, 0.2) is 0 Å². The van der Waals surface area contributed by atoms with Gasteiger partial charge in [-0.25, -0.2) is 4.79 Å². The zero-order valence-electron chi connectivity index (χ0n) is 39.7. The van der Waals surface area contributed by atoms with Crippen LogP contribution in [0.4, 0.5) is 4.79 Å². The van der Waals surface area contributed by atoms with Gasteiger partial charge in [-0.3, -0.25) is 9.69 Å². The van der Waals surface area contributed by atoms with Crippen LogP contribution < -0.4 is 5.73 Å². The summed E-state index contributed by atoms with van der Waals surface area (Å²) in [7, 11) is 76.6. The van der Waals surface area contributed by atoms with Crippen LogP contribution in [0.2, 0.25) is 0 Å². The Balaban J connectivity index is 0.000000433. The summed E-state index contributed by atoms with van der Waals surface area (Å²) >= 11 is 9.62. The third-order valence-corrected chi connectivity index (χ3v) is 102. The highest BCUT2D eigenvalue weighted by atomic mass is 33.5. The van der Waals surface area contributed by atoms with Crippen LogP contribution in [-0.4, -0.2) is 65.4 Å². The third-order valence-electron chi connectivity index (χ3n) is 8.93. The van der Waals surface area contributed by atoms with Gasteiger partial charge in [0.1, 0.15) is 0 Å². The summed E-state index contributed by atoms with van der Waals surface area (Å²) in [5.41, 5.74) is 8.44. The highest BCUT2D eigenvalue weighted by molar-refractivity contribution is 8.81. The van der Waals surface area contributed by atoms with Gasteiger partial charge >= 0.3 is 6.03 Å². The van der Waals surface area contributed by atoms with Crippen LogP contribution in [-0.2, 0) is 409 Å². The molecule has 3 amide bonds. The van der Waals surface area contributed by atoms with Crippen LogP contribution in [0.15, 0.2) is 54.6 Å². The van der Waals surface area contributed by atoms with Crippen LogP contribution in [0, 0.1) is 23.2 Å². The van der Waals surface area contributed by atoms with Gasteiger partial charge < -0.3 is 15.5 Å². The molecule has 2 heterocycles. The van der Waals surface area contributed by atoms with Gasteiger partial charge in [-0.2, -0.15) is 5.26 Å². The van der Waals surface area contributed by atoms with Crippen LogP contribution in [0.25, 0.3) is 0 Å². The van der Waals surface area contributed by atoms with E-state index in [0.29, 0.717) is 43.5 Å². The molecule has 2 aliphatic rings. The summed E-state index contributed by atoms with van der Waals surface area (Å²) < 4.78 is 0. The Hall–Kier alpha value is 6.53. The van der Waals surface area contributed by atoms with E-state index in [0.717, 1.165) is 31.5 Å². The SMILES string of the molecule is CC(C)[C@H]1CN(C(c2ccccc2)c2ccc(C#N)cc2)CCN1C(=O)CC1CCN(C(N)=O)CC1.S=S=S=S=S=S=S=S=S=S=S=S=S=S=S=S=S=S=S=S=S=S=S=S=S=S=S=S=S=S=S=S=S=S=S=S=S=S=S=S=S=S=S=S=S. The van der Waals surface area contributed by atoms with Crippen molar-refractivity contribution in [2.75, 3.05) is 32.7 Å². The smallest absolute Gasteiger partial charge is 0.314 e. The van der Waals surface area contributed by atoms with Crippen molar-refractivity contribution >= 4 is 416 Å². The predicted molar refractivity (Wildman–Crippen MR) is 471 cm³/mol. The first kappa shape index (κ1) is 81.8. The van der Waals surface area contributed by atoms with Gasteiger partial charge in [-0.05, 0) is 47.9 Å². The van der Waals surface area contributed by atoms with Crippen molar-refractivity contribution in [2.24, 2.45) is 17.6 Å². The fraction of sp³-hybridized carbons (Fsp3) is 0.483. The number of piperazine rings is 1. The van der Waals surface area contributed by atoms with Gasteiger partial charge in [0.05, 0.1) is 17.7 Å². The molecular weight excluding hydrogens is 1890 g/mol. The Labute approximate surface area is 605 Å². The Kier molecular flexibility index (Phi) is 59.6. The van der Waals surface area contributed by atoms with Crippen molar-refractivity contribution in [1.29, 1.82) is 5.26 Å². The van der Waals surface area contributed by atoms with Gasteiger partial charge in [0, 0.05) is 449 Å². The predicted octanol–water partition coefficient (Wildman–Crippen LogP) is 3.89. The molecule has 4 rings (SSSR count). The van der Waals surface area contributed by atoms with Crippen molar-refractivity contribution in [3.63, 3.8) is 0 Å². The molecule has 2 fully saturated rings. The summed E-state index contributed by atoms with van der Waals surface area (Å²) in [4.78, 5) is 31.1. The number of likely N-dealkylation sites (tertiary alicyclic amines) is 1. The van der Waals surface area contributed by atoms with Gasteiger partial charge in [-0.1, -0.05) is 56.3 Å². The lowest BCUT2D eigenvalue weighted by Crippen LogP contribution is -2.58. The molecule has 2 atom stereocenters. The fourth-order valence-corrected chi connectivity index (χ4v) is 119. The summed E-state index contributed by atoms with van der Waals surface area (Å²) in [5, 5.41) is 9.24. The standard InChI is InChI=1S/C29H37N5O2.S45/c1-21(2)26-20-33(16-17-34(26)27(35)18-22-12-14-32(15-13-22)29(31)36)28(24-6-4-3-5-7-24)25-10-8-23(19-30)9-11-25;1-3-5-7-9-11-13-15-17-19-21-23-25-27-29-31-33-35-37-39-41-43-45-44-42-40-38-36-34-32-30-28-26-24-22-20-18-16-14-12-10-8-6-4-2/h3-11,21-22,26,28H,12-18,20H2,1-2H3,(H2,31,36);/t26-,28?;/m1./s1. The molecule has 52 heteroatoms. The van der Waals surface area contributed by atoms with Crippen molar-refractivity contribution in [3.8, 4) is 6.07 Å². The monoisotopic (exact) mass is 1930 g/mol. The summed E-state index contributed by atoms with van der Waals surface area (Å²) in [6.45, 7) is 7.94. The lowest BCUT2D eigenvalue weighted by atomic mass is 9.90. The van der Waals surface area contributed by atoms with E-state index in [4.69, 9.17) is 28.1 Å². The molecule has 0 aromatic heterocycles. The van der Waals surface area contributed by atoms with E-state index in [1.807, 2.05) is 276 Å². The molecule has 2 aromatic rings. The minimum Gasteiger partial charge on any atom is -0.351 e. The second-order valence-electron chi connectivity index (χ2n) is 13.3. The highest BCUT2D eigenvalue weighted by Gasteiger charge is 2.37. The van der Waals surface area contributed by atoms with Gasteiger partial charge in [0.25, 0.3) is 0 Å². The number of hydrogen-bond acceptors (Lipinski definition) is 6. The molecule has 0 spiro atoms. The Morgan fingerprint density at radius 1 is 0.494 bits per heavy atom. The normalized spacial score (nSPS) is 13.3.